The van der Waals surface area contributed by atoms with Crippen molar-refractivity contribution in [3.63, 3.8) is 0 Å². The third kappa shape index (κ3) is 3.92. The summed E-state index contributed by atoms with van der Waals surface area (Å²) in [4.78, 5) is 5.35. The van der Waals surface area contributed by atoms with Crippen molar-refractivity contribution in [1.82, 2.24) is 9.55 Å². The molecule has 18 heavy (non-hydrogen) atoms. The van der Waals surface area contributed by atoms with Gasteiger partial charge in [0.1, 0.15) is 0 Å². The monoisotopic (exact) mass is 364 g/mol. The standard InChI is InChI=1S/C12H11BrCl2N2S/c13-2-1-4-17-5-3-16-12(17)18-11-7-9(14)6-10(15)8-11/h3,5-8H,1-2,4H2. The number of hydrogen-bond donors (Lipinski definition) is 0. The first-order valence-electron chi connectivity index (χ1n) is 5.40. The van der Waals surface area contributed by atoms with E-state index in [1.165, 1.54) is 0 Å². The van der Waals surface area contributed by atoms with E-state index in [4.69, 9.17) is 23.2 Å². The Hall–Kier alpha value is -0.160. The molecule has 0 spiro atoms. The van der Waals surface area contributed by atoms with Gasteiger partial charge in [-0.3, -0.25) is 0 Å². The molecule has 1 aromatic carbocycles. The summed E-state index contributed by atoms with van der Waals surface area (Å²) in [7, 11) is 0. The Morgan fingerprint density at radius 3 is 2.61 bits per heavy atom. The van der Waals surface area contributed by atoms with Gasteiger partial charge in [-0.15, -0.1) is 0 Å². The molecule has 2 nitrogen and oxygen atoms in total. The molecular weight excluding hydrogens is 355 g/mol. The molecule has 0 atom stereocenters. The Balaban J connectivity index is 2.15. The van der Waals surface area contributed by atoms with Gasteiger partial charge in [0.25, 0.3) is 0 Å². The van der Waals surface area contributed by atoms with Crippen molar-refractivity contribution in [3.8, 4) is 0 Å². The summed E-state index contributed by atoms with van der Waals surface area (Å²) in [6.45, 7) is 0.946. The first-order valence-corrected chi connectivity index (χ1v) is 8.09. The van der Waals surface area contributed by atoms with Gasteiger partial charge >= 0.3 is 0 Å². The highest BCUT2D eigenvalue weighted by atomic mass is 79.9. The molecule has 96 valence electrons. The molecule has 0 radical (unpaired) electrons. The van der Waals surface area contributed by atoms with Gasteiger partial charge in [-0.1, -0.05) is 50.9 Å². The lowest BCUT2D eigenvalue weighted by Crippen LogP contribution is -1.98. The van der Waals surface area contributed by atoms with Crippen LogP contribution >= 0.6 is 50.9 Å². The number of hydrogen-bond acceptors (Lipinski definition) is 2. The van der Waals surface area contributed by atoms with Gasteiger partial charge in [-0.25, -0.2) is 4.98 Å². The van der Waals surface area contributed by atoms with Crippen LogP contribution in [0.5, 0.6) is 0 Å². The average molecular weight is 366 g/mol. The van der Waals surface area contributed by atoms with Crippen molar-refractivity contribution in [3.05, 3.63) is 40.6 Å². The van der Waals surface area contributed by atoms with Gasteiger partial charge in [0, 0.05) is 39.2 Å². The molecule has 1 heterocycles. The molecule has 6 heteroatoms. The number of imidazole rings is 1. The van der Waals surface area contributed by atoms with Crippen molar-refractivity contribution in [1.29, 1.82) is 0 Å². The SMILES string of the molecule is Clc1cc(Cl)cc(Sc2nccn2CCCBr)c1. The van der Waals surface area contributed by atoms with E-state index in [1.54, 1.807) is 17.8 Å². The quantitative estimate of drug-likeness (QED) is 0.684. The third-order valence-corrected chi connectivity index (χ3v) is 4.25. The van der Waals surface area contributed by atoms with E-state index in [1.807, 2.05) is 24.5 Å². The van der Waals surface area contributed by atoms with Gasteiger partial charge in [-0.2, -0.15) is 0 Å². The molecule has 1 aromatic heterocycles. The molecule has 0 N–H and O–H groups in total. The minimum Gasteiger partial charge on any atom is -0.326 e. The van der Waals surface area contributed by atoms with Gasteiger partial charge in [-0.05, 0) is 24.6 Å². The molecule has 0 aliphatic heterocycles. The molecule has 2 rings (SSSR count). The van der Waals surface area contributed by atoms with Crippen LogP contribution in [0.15, 0.2) is 40.6 Å². The van der Waals surface area contributed by atoms with Crippen LogP contribution in [0.3, 0.4) is 0 Å². The van der Waals surface area contributed by atoms with Crippen LogP contribution in [0.2, 0.25) is 10.0 Å². The van der Waals surface area contributed by atoms with E-state index in [9.17, 15) is 0 Å². The molecule has 0 fully saturated rings. The number of rotatable bonds is 5. The molecule has 0 saturated carbocycles. The average Bonchev–Trinajstić information content (AvgIpc) is 2.72. The fraction of sp³-hybridized carbons (Fsp3) is 0.250. The smallest absolute Gasteiger partial charge is 0.172 e. The number of aromatic nitrogens is 2. The zero-order valence-electron chi connectivity index (χ0n) is 9.44. The summed E-state index contributed by atoms with van der Waals surface area (Å²) in [6, 6.07) is 5.51. The highest BCUT2D eigenvalue weighted by Crippen LogP contribution is 2.31. The molecule has 0 aliphatic carbocycles. The van der Waals surface area contributed by atoms with Crippen LogP contribution in [-0.2, 0) is 6.54 Å². The van der Waals surface area contributed by atoms with Crippen LogP contribution in [0, 0.1) is 0 Å². The van der Waals surface area contributed by atoms with E-state index in [0.717, 1.165) is 28.3 Å². The van der Waals surface area contributed by atoms with Crippen LogP contribution in [0.4, 0.5) is 0 Å². The predicted octanol–water partition coefficient (Wildman–Crippen LogP) is 5.13. The molecule has 0 aliphatic rings. The highest BCUT2D eigenvalue weighted by Gasteiger charge is 2.06. The number of halogens is 3. The molecule has 0 unspecified atom stereocenters. The molecule has 0 saturated heterocycles. The zero-order chi connectivity index (χ0) is 13.0. The number of benzene rings is 1. The van der Waals surface area contributed by atoms with Crippen molar-refractivity contribution in [2.45, 2.75) is 23.0 Å². The first kappa shape index (κ1) is 14.3. The van der Waals surface area contributed by atoms with Crippen LogP contribution in [-0.4, -0.2) is 14.9 Å². The Kier molecular flexibility index (Phi) is 5.42. The van der Waals surface area contributed by atoms with E-state index >= 15 is 0 Å². The number of aryl methyl sites for hydroxylation is 1. The lowest BCUT2D eigenvalue weighted by Gasteiger charge is -2.06. The minimum absolute atomic E-state index is 0.642. The summed E-state index contributed by atoms with van der Waals surface area (Å²) < 4.78 is 2.13. The summed E-state index contributed by atoms with van der Waals surface area (Å²) in [5.74, 6) is 0. The lowest BCUT2D eigenvalue weighted by molar-refractivity contribution is 0.626. The maximum atomic E-state index is 5.98. The van der Waals surface area contributed by atoms with Crippen LogP contribution in [0.1, 0.15) is 6.42 Å². The van der Waals surface area contributed by atoms with Crippen molar-refractivity contribution >= 4 is 50.9 Å². The second-order valence-corrected chi connectivity index (χ2v) is 6.36. The van der Waals surface area contributed by atoms with Gasteiger partial charge in [0.2, 0.25) is 0 Å². The van der Waals surface area contributed by atoms with E-state index in [0.29, 0.717) is 10.0 Å². The van der Waals surface area contributed by atoms with Gasteiger partial charge in [0.15, 0.2) is 5.16 Å². The maximum Gasteiger partial charge on any atom is 0.172 e. The summed E-state index contributed by atoms with van der Waals surface area (Å²) >= 11 is 17.0. The zero-order valence-corrected chi connectivity index (χ0v) is 13.4. The summed E-state index contributed by atoms with van der Waals surface area (Å²) in [6.07, 6.45) is 4.86. The Bertz CT molecular complexity index is 510. The third-order valence-electron chi connectivity index (χ3n) is 2.26. The Morgan fingerprint density at radius 1 is 1.22 bits per heavy atom. The second kappa shape index (κ2) is 6.85. The number of alkyl halides is 1. The van der Waals surface area contributed by atoms with Gasteiger partial charge in [0.05, 0.1) is 0 Å². The lowest BCUT2D eigenvalue weighted by atomic mass is 10.4. The van der Waals surface area contributed by atoms with E-state index < -0.39 is 0 Å². The predicted molar refractivity (Wildman–Crippen MR) is 81.2 cm³/mol. The van der Waals surface area contributed by atoms with Crippen LogP contribution in [0.25, 0.3) is 0 Å². The molecule has 2 aromatic rings. The maximum absolute atomic E-state index is 5.98. The van der Waals surface area contributed by atoms with Gasteiger partial charge < -0.3 is 4.57 Å². The fourth-order valence-corrected chi connectivity index (χ4v) is 3.37. The van der Waals surface area contributed by atoms with Crippen LogP contribution < -0.4 is 0 Å². The van der Waals surface area contributed by atoms with Crippen molar-refractivity contribution in [2.75, 3.05) is 5.33 Å². The fourth-order valence-electron chi connectivity index (χ4n) is 1.49. The normalized spacial score (nSPS) is 10.8. The van der Waals surface area contributed by atoms with Crippen molar-refractivity contribution in [2.24, 2.45) is 0 Å². The molecule has 0 amide bonds. The highest BCUT2D eigenvalue weighted by molar-refractivity contribution is 9.09. The minimum atomic E-state index is 0.642. The largest absolute Gasteiger partial charge is 0.326 e. The Morgan fingerprint density at radius 2 is 1.94 bits per heavy atom. The molecular formula is C12H11BrCl2N2S. The molecule has 0 bridgehead atoms. The van der Waals surface area contributed by atoms with E-state index in [-0.39, 0.29) is 0 Å². The Labute approximate surface area is 129 Å². The second-order valence-electron chi connectivity index (χ2n) is 3.65. The summed E-state index contributed by atoms with van der Waals surface area (Å²) in [5.41, 5.74) is 0. The topological polar surface area (TPSA) is 17.8 Å². The number of nitrogens with zero attached hydrogens (tertiary/aromatic N) is 2. The summed E-state index contributed by atoms with van der Waals surface area (Å²) in [5, 5.41) is 3.22. The first-order chi connectivity index (χ1) is 8.69. The van der Waals surface area contributed by atoms with Crippen molar-refractivity contribution < 1.29 is 0 Å². The van der Waals surface area contributed by atoms with E-state index in [2.05, 4.69) is 25.5 Å².